The number of benzene rings is 1. The molecular weight excluding hydrogens is 302 g/mol. The molecule has 2 N–H and O–H groups in total. The second-order valence-corrected chi connectivity index (χ2v) is 6.55. The maximum absolute atomic E-state index is 10.1. The summed E-state index contributed by atoms with van der Waals surface area (Å²) < 4.78 is 7.89. The smallest absolute Gasteiger partial charge is 0.0897 e. The molecule has 1 heterocycles. The van der Waals surface area contributed by atoms with Crippen LogP contribution in [-0.2, 0) is 17.7 Å². The molecule has 5 heteroatoms. The van der Waals surface area contributed by atoms with E-state index in [-0.39, 0.29) is 6.10 Å². The third-order valence-corrected chi connectivity index (χ3v) is 4.46. The lowest BCUT2D eigenvalue weighted by molar-refractivity contribution is -0.0167. The Morgan fingerprint density at radius 3 is 3.12 bits per heavy atom. The highest BCUT2D eigenvalue weighted by molar-refractivity contribution is 5.31. The van der Waals surface area contributed by atoms with Crippen molar-refractivity contribution in [3.8, 4) is 0 Å². The molecule has 1 aromatic carbocycles. The minimum atomic E-state index is -0.488. The van der Waals surface area contributed by atoms with Gasteiger partial charge in [-0.2, -0.15) is 5.10 Å². The molecule has 0 amide bonds. The number of nitrogens with zero attached hydrogens (tertiary/aromatic N) is 2. The van der Waals surface area contributed by atoms with Crippen LogP contribution in [0.15, 0.2) is 36.7 Å². The molecule has 1 aromatic heterocycles. The van der Waals surface area contributed by atoms with Crippen LogP contribution in [0, 0.1) is 6.92 Å². The van der Waals surface area contributed by atoms with Gasteiger partial charge in [-0.05, 0) is 42.9 Å². The number of aryl methyl sites for hydroxylation is 2. The minimum absolute atomic E-state index is 0.122. The first-order valence-corrected chi connectivity index (χ1v) is 8.79. The summed E-state index contributed by atoms with van der Waals surface area (Å²) >= 11 is 0. The third-order valence-electron chi connectivity index (χ3n) is 4.46. The van der Waals surface area contributed by atoms with Crippen molar-refractivity contribution < 1.29 is 9.84 Å². The number of hydrogen-bond acceptors (Lipinski definition) is 4. The van der Waals surface area contributed by atoms with Crippen molar-refractivity contribution in [3.63, 3.8) is 0 Å². The lowest BCUT2D eigenvalue weighted by Crippen LogP contribution is -2.33. The van der Waals surface area contributed by atoms with E-state index in [0.29, 0.717) is 13.2 Å². The van der Waals surface area contributed by atoms with E-state index in [1.807, 2.05) is 24.0 Å². The number of ether oxygens (including phenoxy) is 1. The SMILES string of the molecule is Cc1cnn(CCNCC(O)COC2CCCc3ccccc32)c1. The second kappa shape index (κ2) is 8.42. The van der Waals surface area contributed by atoms with Gasteiger partial charge in [0.2, 0.25) is 0 Å². The summed E-state index contributed by atoms with van der Waals surface area (Å²) in [5, 5.41) is 17.6. The van der Waals surface area contributed by atoms with E-state index in [4.69, 9.17) is 4.74 Å². The molecule has 0 bridgehead atoms. The molecule has 0 fully saturated rings. The molecule has 2 atom stereocenters. The van der Waals surface area contributed by atoms with Crippen molar-refractivity contribution in [2.75, 3.05) is 19.7 Å². The zero-order chi connectivity index (χ0) is 16.8. The quantitative estimate of drug-likeness (QED) is 0.729. The molecule has 0 saturated carbocycles. The van der Waals surface area contributed by atoms with Crippen LogP contribution in [0.3, 0.4) is 0 Å². The maximum atomic E-state index is 10.1. The Morgan fingerprint density at radius 1 is 1.42 bits per heavy atom. The maximum Gasteiger partial charge on any atom is 0.0897 e. The van der Waals surface area contributed by atoms with Gasteiger partial charge in [0.05, 0.1) is 31.6 Å². The molecule has 3 rings (SSSR count). The topological polar surface area (TPSA) is 59.3 Å². The molecule has 2 unspecified atom stereocenters. The van der Waals surface area contributed by atoms with Gasteiger partial charge >= 0.3 is 0 Å². The van der Waals surface area contributed by atoms with Gasteiger partial charge in [0.15, 0.2) is 0 Å². The van der Waals surface area contributed by atoms with Gasteiger partial charge < -0.3 is 15.2 Å². The fourth-order valence-electron chi connectivity index (χ4n) is 3.22. The lowest BCUT2D eigenvalue weighted by Gasteiger charge is -2.26. The van der Waals surface area contributed by atoms with Gasteiger partial charge in [-0.15, -0.1) is 0 Å². The molecule has 0 saturated heterocycles. The molecule has 0 radical (unpaired) electrons. The van der Waals surface area contributed by atoms with E-state index in [2.05, 4.69) is 34.7 Å². The Labute approximate surface area is 143 Å². The summed E-state index contributed by atoms with van der Waals surface area (Å²) in [6.07, 6.45) is 6.82. The van der Waals surface area contributed by atoms with E-state index >= 15 is 0 Å². The fourth-order valence-corrected chi connectivity index (χ4v) is 3.22. The Hall–Kier alpha value is -1.69. The molecule has 1 aliphatic rings. The fraction of sp³-hybridized carbons (Fsp3) is 0.526. The molecule has 5 nitrogen and oxygen atoms in total. The normalized spacial score (nSPS) is 18.3. The van der Waals surface area contributed by atoms with Crippen molar-refractivity contribution in [2.24, 2.45) is 0 Å². The number of hydrogen-bond donors (Lipinski definition) is 2. The van der Waals surface area contributed by atoms with Crippen LogP contribution in [0.25, 0.3) is 0 Å². The monoisotopic (exact) mass is 329 g/mol. The van der Waals surface area contributed by atoms with Gasteiger partial charge in [-0.3, -0.25) is 4.68 Å². The molecule has 2 aromatic rings. The largest absolute Gasteiger partial charge is 0.389 e. The summed E-state index contributed by atoms with van der Waals surface area (Å²) in [4.78, 5) is 0. The van der Waals surface area contributed by atoms with Crippen LogP contribution in [0.2, 0.25) is 0 Å². The standard InChI is InChI=1S/C19H27N3O2/c1-15-11-21-22(13-15)10-9-20-12-17(23)14-24-19-8-4-6-16-5-2-3-7-18(16)19/h2-3,5,7,11,13,17,19-20,23H,4,6,8-10,12,14H2,1H3. The summed E-state index contributed by atoms with van der Waals surface area (Å²) in [7, 11) is 0. The summed E-state index contributed by atoms with van der Waals surface area (Å²) in [6, 6.07) is 8.48. The highest BCUT2D eigenvalue weighted by Crippen LogP contribution is 2.32. The number of aliphatic hydroxyl groups excluding tert-OH is 1. The number of aliphatic hydroxyl groups is 1. The Morgan fingerprint density at radius 2 is 2.29 bits per heavy atom. The lowest BCUT2D eigenvalue weighted by atomic mass is 9.89. The molecular formula is C19H27N3O2. The van der Waals surface area contributed by atoms with Crippen LogP contribution >= 0.6 is 0 Å². The number of aromatic nitrogens is 2. The number of nitrogens with one attached hydrogen (secondary N) is 1. The third kappa shape index (κ3) is 4.66. The van der Waals surface area contributed by atoms with E-state index in [0.717, 1.165) is 37.9 Å². The number of fused-ring (bicyclic) bond motifs is 1. The predicted octanol–water partition coefficient (Wildman–Crippen LogP) is 2.24. The first-order chi connectivity index (χ1) is 11.7. The summed E-state index contributed by atoms with van der Waals surface area (Å²) in [6.45, 7) is 4.52. The van der Waals surface area contributed by atoms with Crippen molar-refractivity contribution in [1.29, 1.82) is 0 Å². The Balaban J connectivity index is 1.36. The van der Waals surface area contributed by atoms with Gasteiger partial charge in [0, 0.05) is 19.3 Å². The molecule has 130 valence electrons. The van der Waals surface area contributed by atoms with Crippen molar-refractivity contribution in [1.82, 2.24) is 15.1 Å². The van der Waals surface area contributed by atoms with Gasteiger partial charge in [-0.1, -0.05) is 24.3 Å². The average Bonchev–Trinajstić information content (AvgIpc) is 3.02. The Kier molecular flexibility index (Phi) is 6.01. The molecule has 0 spiro atoms. The second-order valence-electron chi connectivity index (χ2n) is 6.55. The zero-order valence-electron chi connectivity index (χ0n) is 14.3. The molecule has 1 aliphatic carbocycles. The van der Waals surface area contributed by atoms with E-state index in [9.17, 15) is 5.11 Å². The van der Waals surface area contributed by atoms with E-state index < -0.39 is 6.10 Å². The first kappa shape index (κ1) is 17.1. The number of rotatable bonds is 8. The van der Waals surface area contributed by atoms with Crippen molar-refractivity contribution in [2.45, 2.75) is 44.9 Å². The van der Waals surface area contributed by atoms with E-state index in [1.54, 1.807) is 0 Å². The van der Waals surface area contributed by atoms with Crippen LogP contribution < -0.4 is 5.32 Å². The first-order valence-electron chi connectivity index (χ1n) is 8.79. The van der Waals surface area contributed by atoms with Gasteiger partial charge in [-0.25, -0.2) is 0 Å². The van der Waals surface area contributed by atoms with Gasteiger partial charge in [0.1, 0.15) is 0 Å². The zero-order valence-corrected chi connectivity index (χ0v) is 14.3. The van der Waals surface area contributed by atoms with Gasteiger partial charge in [0.25, 0.3) is 0 Å². The highest BCUT2D eigenvalue weighted by atomic mass is 16.5. The van der Waals surface area contributed by atoms with Crippen LogP contribution in [0.1, 0.15) is 35.6 Å². The van der Waals surface area contributed by atoms with Crippen molar-refractivity contribution >= 4 is 0 Å². The molecule has 0 aliphatic heterocycles. The molecule has 24 heavy (non-hydrogen) atoms. The van der Waals surface area contributed by atoms with Crippen LogP contribution in [0.4, 0.5) is 0 Å². The van der Waals surface area contributed by atoms with Crippen LogP contribution in [-0.4, -0.2) is 40.7 Å². The highest BCUT2D eigenvalue weighted by Gasteiger charge is 2.21. The van der Waals surface area contributed by atoms with Crippen molar-refractivity contribution in [3.05, 3.63) is 53.3 Å². The average molecular weight is 329 g/mol. The summed E-state index contributed by atoms with van der Waals surface area (Å²) in [5.74, 6) is 0. The van der Waals surface area contributed by atoms with E-state index in [1.165, 1.54) is 11.1 Å². The van der Waals surface area contributed by atoms with Crippen LogP contribution in [0.5, 0.6) is 0 Å². The predicted molar refractivity (Wildman–Crippen MR) is 93.9 cm³/mol. The summed E-state index contributed by atoms with van der Waals surface area (Å²) in [5.41, 5.74) is 3.84. The Bertz CT molecular complexity index is 641. The minimum Gasteiger partial charge on any atom is -0.389 e.